The first-order valence-corrected chi connectivity index (χ1v) is 7.17. The lowest BCUT2D eigenvalue weighted by molar-refractivity contribution is 0.0231. The molecule has 112 valence electrons. The van der Waals surface area contributed by atoms with Gasteiger partial charge in [0.25, 0.3) is 0 Å². The lowest BCUT2D eigenvalue weighted by atomic mass is 10.0. The number of nitrogen functional groups attached to an aromatic ring is 1. The van der Waals surface area contributed by atoms with E-state index in [0.717, 1.165) is 25.3 Å². The van der Waals surface area contributed by atoms with Gasteiger partial charge in [0.15, 0.2) is 0 Å². The normalized spacial score (nSPS) is 23.4. The zero-order chi connectivity index (χ0) is 14.8. The van der Waals surface area contributed by atoms with E-state index in [1.165, 1.54) is 0 Å². The molecule has 0 radical (unpaired) electrons. The summed E-state index contributed by atoms with van der Waals surface area (Å²) in [6.45, 7) is 8.83. The van der Waals surface area contributed by atoms with Crippen molar-refractivity contribution in [1.29, 1.82) is 0 Å². The third-order valence-electron chi connectivity index (χ3n) is 3.13. The van der Waals surface area contributed by atoms with Crippen LogP contribution in [0.5, 0.6) is 5.88 Å². The molecule has 2 unspecified atom stereocenters. The van der Waals surface area contributed by atoms with E-state index in [9.17, 15) is 0 Å². The summed E-state index contributed by atoms with van der Waals surface area (Å²) in [6.07, 6.45) is 2.27. The number of pyridine rings is 1. The average molecular weight is 279 g/mol. The van der Waals surface area contributed by atoms with Crippen LogP contribution < -0.4 is 15.8 Å². The molecule has 0 bridgehead atoms. The summed E-state index contributed by atoms with van der Waals surface area (Å²) >= 11 is 0. The zero-order valence-electron chi connectivity index (χ0n) is 12.8. The molecule has 20 heavy (non-hydrogen) atoms. The topological polar surface area (TPSA) is 69.4 Å². The van der Waals surface area contributed by atoms with Gasteiger partial charge in [-0.25, -0.2) is 0 Å². The van der Waals surface area contributed by atoms with E-state index in [-0.39, 0.29) is 5.60 Å². The van der Waals surface area contributed by atoms with Crippen molar-refractivity contribution < 1.29 is 9.47 Å². The summed E-state index contributed by atoms with van der Waals surface area (Å²) in [5.74, 6) is 1.29. The maximum atomic E-state index is 5.92. The van der Waals surface area contributed by atoms with Gasteiger partial charge in [0.05, 0.1) is 11.8 Å². The number of nitrogens with two attached hydrogens (primary N) is 1. The molecule has 2 rings (SSSR count). The van der Waals surface area contributed by atoms with Crippen LogP contribution in [0.15, 0.2) is 12.1 Å². The quantitative estimate of drug-likeness (QED) is 0.890. The highest BCUT2D eigenvalue weighted by atomic mass is 16.5. The van der Waals surface area contributed by atoms with Crippen LogP contribution in [0, 0.1) is 0 Å². The van der Waals surface area contributed by atoms with Crippen molar-refractivity contribution in [2.75, 3.05) is 17.7 Å². The first-order chi connectivity index (χ1) is 9.33. The number of anilines is 2. The van der Waals surface area contributed by atoms with Crippen molar-refractivity contribution in [2.45, 2.75) is 58.3 Å². The van der Waals surface area contributed by atoms with E-state index >= 15 is 0 Å². The third-order valence-corrected chi connectivity index (χ3v) is 3.13. The highest BCUT2D eigenvalue weighted by molar-refractivity contribution is 5.54. The number of ether oxygens (including phenoxy) is 2. The summed E-state index contributed by atoms with van der Waals surface area (Å²) in [5.41, 5.74) is 6.16. The Labute approximate surface area is 120 Å². The molecule has 1 aromatic heterocycles. The lowest BCUT2D eigenvalue weighted by Crippen LogP contribution is -2.32. The highest BCUT2D eigenvalue weighted by Crippen LogP contribution is 2.26. The largest absolute Gasteiger partial charge is 0.470 e. The van der Waals surface area contributed by atoms with Crippen LogP contribution in [0.1, 0.15) is 40.5 Å². The predicted molar refractivity (Wildman–Crippen MR) is 81.1 cm³/mol. The maximum absolute atomic E-state index is 5.92. The molecule has 2 atom stereocenters. The van der Waals surface area contributed by atoms with Crippen LogP contribution >= 0.6 is 0 Å². The summed E-state index contributed by atoms with van der Waals surface area (Å²) in [6, 6.07) is 4.11. The molecule has 0 aromatic carbocycles. The monoisotopic (exact) mass is 279 g/mol. The number of rotatable bonds is 3. The smallest absolute Gasteiger partial charge is 0.239 e. The molecular formula is C15H25N3O2. The highest BCUT2D eigenvalue weighted by Gasteiger charge is 2.20. The van der Waals surface area contributed by atoms with Crippen molar-refractivity contribution >= 4 is 11.5 Å². The van der Waals surface area contributed by atoms with E-state index in [1.54, 1.807) is 0 Å². The van der Waals surface area contributed by atoms with E-state index in [0.29, 0.717) is 23.7 Å². The first-order valence-electron chi connectivity index (χ1n) is 7.17. The molecule has 1 fully saturated rings. The second-order valence-corrected chi connectivity index (χ2v) is 6.35. The minimum atomic E-state index is -0.313. The Bertz CT molecular complexity index is 457. The van der Waals surface area contributed by atoms with Crippen LogP contribution in [0.25, 0.3) is 0 Å². The average Bonchev–Trinajstić information content (AvgIpc) is 2.32. The first kappa shape index (κ1) is 14.9. The van der Waals surface area contributed by atoms with Gasteiger partial charge in [0.1, 0.15) is 11.4 Å². The summed E-state index contributed by atoms with van der Waals surface area (Å²) in [4.78, 5) is 4.48. The molecule has 3 N–H and O–H groups in total. The molecule has 1 aromatic rings. The molecule has 0 spiro atoms. The van der Waals surface area contributed by atoms with Gasteiger partial charge >= 0.3 is 0 Å². The number of hydrogen-bond donors (Lipinski definition) is 2. The lowest BCUT2D eigenvalue weighted by Gasteiger charge is -2.28. The zero-order valence-corrected chi connectivity index (χ0v) is 12.8. The van der Waals surface area contributed by atoms with Gasteiger partial charge in [-0.15, -0.1) is 0 Å². The molecule has 1 saturated heterocycles. The van der Waals surface area contributed by atoms with E-state index in [1.807, 2.05) is 32.9 Å². The second kappa shape index (κ2) is 5.87. The molecule has 1 aliphatic heterocycles. The third kappa shape index (κ3) is 4.27. The second-order valence-electron chi connectivity index (χ2n) is 6.35. The number of aromatic nitrogens is 1. The Hall–Kier alpha value is -1.49. The van der Waals surface area contributed by atoms with Gasteiger partial charge < -0.3 is 20.5 Å². The molecule has 0 saturated carbocycles. The molecule has 0 amide bonds. The Morgan fingerprint density at radius 3 is 2.80 bits per heavy atom. The minimum absolute atomic E-state index is 0.292. The van der Waals surface area contributed by atoms with Gasteiger partial charge in [-0.1, -0.05) is 0 Å². The summed E-state index contributed by atoms with van der Waals surface area (Å²) in [7, 11) is 0. The molecule has 1 aliphatic rings. The predicted octanol–water partition coefficient (Wildman–Crippen LogP) is 2.82. The fraction of sp³-hybridized carbons (Fsp3) is 0.667. The molecule has 0 aliphatic carbocycles. The molecule has 5 heteroatoms. The van der Waals surface area contributed by atoms with Crippen LogP contribution in [0.3, 0.4) is 0 Å². The van der Waals surface area contributed by atoms with Crippen molar-refractivity contribution in [3.63, 3.8) is 0 Å². The number of nitrogens with one attached hydrogen (secondary N) is 1. The van der Waals surface area contributed by atoms with Gasteiger partial charge in [0, 0.05) is 12.6 Å². The Balaban J connectivity index is 2.07. The summed E-state index contributed by atoms with van der Waals surface area (Å²) in [5, 5.41) is 3.44. The Morgan fingerprint density at radius 2 is 2.15 bits per heavy atom. The van der Waals surface area contributed by atoms with Crippen molar-refractivity contribution in [3.05, 3.63) is 12.1 Å². The van der Waals surface area contributed by atoms with Crippen LogP contribution in [0.2, 0.25) is 0 Å². The Morgan fingerprint density at radius 1 is 1.40 bits per heavy atom. The van der Waals surface area contributed by atoms with Crippen molar-refractivity contribution in [3.8, 4) is 5.88 Å². The van der Waals surface area contributed by atoms with Gasteiger partial charge in [-0.05, 0) is 52.7 Å². The number of nitrogens with zero attached hydrogens (tertiary/aromatic N) is 1. The minimum Gasteiger partial charge on any atom is -0.470 e. The van der Waals surface area contributed by atoms with Gasteiger partial charge in [0.2, 0.25) is 5.88 Å². The van der Waals surface area contributed by atoms with Crippen LogP contribution in [-0.4, -0.2) is 29.3 Å². The van der Waals surface area contributed by atoms with E-state index < -0.39 is 0 Å². The standard InChI is InChI=1S/C15H25N3O2/c1-10-9-11(7-8-19-10)17-13-6-5-12(16)14(18-13)20-15(2,3)4/h5-6,10-11H,7-9,16H2,1-4H3,(H,17,18). The SMILES string of the molecule is CC1CC(Nc2ccc(N)c(OC(C)(C)C)n2)CCO1. The fourth-order valence-corrected chi connectivity index (χ4v) is 2.24. The van der Waals surface area contributed by atoms with Crippen molar-refractivity contribution in [2.24, 2.45) is 0 Å². The maximum Gasteiger partial charge on any atom is 0.239 e. The van der Waals surface area contributed by atoms with E-state index in [2.05, 4.69) is 17.2 Å². The van der Waals surface area contributed by atoms with Crippen molar-refractivity contribution in [1.82, 2.24) is 4.98 Å². The fourth-order valence-electron chi connectivity index (χ4n) is 2.24. The van der Waals surface area contributed by atoms with E-state index in [4.69, 9.17) is 15.2 Å². The van der Waals surface area contributed by atoms with Crippen LogP contribution in [0.4, 0.5) is 11.5 Å². The molecule has 5 nitrogen and oxygen atoms in total. The van der Waals surface area contributed by atoms with Gasteiger partial charge in [-0.2, -0.15) is 4.98 Å². The Kier molecular flexibility index (Phi) is 4.38. The molecule has 2 heterocycles. The number of hydrogen-bond acceptors (Lipinski definition) is 5. The van der Waals surface area contributed by atoms with Crippen LogP contribution in [-0.2, 0) is 4.74 Å². The molecular weight excluding hydrogens is 254 g/mol. The summed E-state index contributed by atoms with van der Waals surface area (Å²) < 4.78 is 11.3. The van der Waals surface area contributed by atoms with Gasteiger partial charge in [-0.3, -0.25) is 0 Å².